The van der Waals surface area contributed by atoms with Crippen molar-refractivity contribution in [2.24, 2.45) is 5.92 Å². The highest BCUT2D eigenvalue weighted by molar-refractivity contribution is 5.94. The molecule has 5 heteroatoms. The Hall–Kier alpha value is -2.04. The predicted octanol–water partition coefficient (Wildman–Crippen LogP) is 2.69. The molecule has 1 fully saturated rings. The van der Waals surface area contributed by atoms with Crippen LogP contribution in [0.15, 0.2) is 24.3 Å². The smallest absolute Gasteiger partial charge is 0.341 e. The average molecular weight is 291 g/mol. The highest BCUT2D eigenvalue weighted by Crippen LogP contribution is 2.27. The first-order chi connectivity index (χ1) is 10.1. The van der Waals surface area contributed by atoms with Gasteiger partial charge in [0.15, 0.2) is 6.61 Å². The second-order valence-corrected chi connectivity index (χ2v) is 5.41. The van der Waals surface area contributed by atoms with Crippen LogP contribution < -0.4 is 9.64 Å². The predicted molar refractivity (Wildman–Crippen MR) is 79.6 cm³/mol. The van der Waals surface area contributed by atoms with E-state index in [0.29, 0.717) is 5.75 Å². The number of hydrogen-bond donors (Lipinski definition) is 1. The molecule has 0 atom stereocenters. The molecule has 2 rings (SSSR count). The minimum absolute atomic E-state index is 0.131. The zero-order valence-corrected chi connectivity index (χ0v) is 12.2. The number of aliphatic carboxylic acids is 1. The van der Waals surface area contributed by atoms with Gasteiger partial charge in [0.05, 0.1) is 0 Å². The Kier molecular flexibility index (Phi) is 5.20. The third-order valence-corrected chi connectivity index (χ3v) is 3.87. The van der Waals surface area contributed by atoms with Gasteiger partial charge in [-0.05, 0) is 37.1 Å². The highest BCUT2D eigenvalue weighted by atomic mass is 16.5. The summed E-state index contributed by atoms with van der Waals surface area (Å²) in [5, 5.41) is 8.56. The van der Waals surface area contributed by atoms with Crippen molar-refractivity contribution >= 4 is 17.6 Å². The van der Waals surface area contributed by atoms with E-state index in [1.54, 1.807) is 36.2 Å². The second kappa shape index (κ2) is 7.11. The normalized spacial score (nSPS) is 15.5. The van der Waals surface area contributed by atoms with Crippen LogP contribution in [-0.4, -0.2) is 30.6 Å². The quantitative estimate of drug-likeness (QED) is 0.905. The lowest BCUT2D eigenvalue weighted by atomic mass is 9.88. The summed E-state index contributed by atoms with van der Waals surface area (Å²) in [6, 6.07) is 6.92. The van der Waals surface area contributed by atoms with Crippen molar-refractivity contribution in [3.63, 3.8) is 0 Å². The summed E-state index contributed by atoms with van der Waals surface area (Å²) >= 11 is 0. The molecule has 0 radical (unpaired) electrons. The standard InChI is InChI=1S/C16H21NO4/c1-17(16(20)12-5-3-2-4-6-12)13-7-9-14(10-8-13)21-11-15(18)19/h7-10,12H,2-6,11H2,1H3,(H,18,19). The van der Waals surface area contributed by atoms with Crippen LogP contribution in [0.1, 0.15) is 32.1 Å². The van der Waals surface area contributed by atoms with E-state index in [-0.39, 0.29) is 18.4 Å². The topological polar surface area (TPSA) is 66.8 Å². The maximum Gasteiger partial charge on any atom is 0.341 e. The highest BCUT2D eigenvalue weighted by Gasteiger charge is 2.24. The summed E-state index contributed by atoms with van der Waals surface area (Å²) in [5.41, 5.74) is 0.799. The molecule has 1 aromatic rings. The number of amides is 1. The molecule has 1 aromatic carbocycles. The molecule has 0 heterocycles. The molecule has 1 amide bonds. The van der Waals surface area contributed by atoms with Crippen LogP contribution in [0, 0.1) is 5.92 Å². The van der Waals surface area contributed by atoms with E-state index in [4.69, 9.17) is 9.84 Å². The number of carbonyl (C=O) groups is 2. The van der Waals surface area contributed by atoms with Gasteiger partial charge in [-0.1, -0.05) is 19.3 Å². The van der Waals surface area contributed by atoms with Crippen molar-refractivity contribution in [2.75, 3.05) is 18.6 Å². The fourth-order valence-corrected chi connectivity index (χ4v) is 2.66. The van der Waals surface area contributed by atoms with Crippen molar-refractivity contribution < 1.29 is 19.4 Å². The van der Waals surface area contributed by atoms with Gasteiger partial charge in [-0.25, -0.2) is 4.79 Å². The number of carbonyl (C=O) groups excluding carboxylic acids is 1. The molecular formula is C16H21NO4. The Balaban J connectivity index is 1.96. The van der Waals surface area contributed by atoms with E-state index in [2.05, 4.69) is 0 Å². The molecule has 0 aromatic heterocycles. The molecule has 0 spiro atoms. The zero-order chi connectivity index (χ0) is 15.2. The second-order valence-electron chi connectivity index (χ2n) is 5.41. The van der Waals surface area contributed by atoms with Crippen LogP contribution in [0.25, 0.3) is 0 Å². The Labute approximate surface area is 124 Å². The van der Waals surface area contributed by atoms with Crippen LogP contribution in [-0.2, 0) is 9.59 Å². The zero-order valence-electron chi connectivity index (χ0n) is 12.2. The Morgan fingerprint density at radius 3 is 2.38 bits per heavy atom. The Morgan fingerprint density at radius 2 is 1.81 bits per heavy atom. The van der Waals surface area contributed by atoms with E-state index in [9.17, 15) is 9.59 Å². The molecule has 0 unspecified atom stereocenters. The Bertz CT molecular complexity index is 492. The fourth-order valence-electron chi connectivity index (χ4n) is 2.66. The van der Waals surface area contributed by atoms with Gasteiger partial charge >= 0.3 is 5.97 Å². The van der Waals surface area contributed by atoms with Crippen LogP contribution in [0.2, 0.25) is 0 Å². The minimum atomic E-state index is -1.01. The van der Waals surface area contributed by atoms with Crippen LogP contribution >= 0.6 is 0 Å². The summed E-state index contributed by atoms with van der Waals surface area (Å²) in [4.78, 5) is 24.5. The average Bonchev–Trinajstić information content (AvgIpc) is 2.53. The summed E-state index contributed by atoms with van der Waals surface area (Å²) in [5.74, 6) is -0.232. The first-order valence-electron chi connectivity index (χ1n) is 7.30. The van der Waals surface area contributed by atoms with E-state index < -0.39 is 5.97 Å². The van der Waals surface area contributed by atoms with Gasteiger partial charge in [-0.2, -0.15) is 0 Å². The number of benzene rings is 1. The number of ether oxygens (including phenoxy) is 1. The van der Waals surface area contributed by atoms with Crippen molar-refractivity contribution in [3.05, 3.63) is 24.3 Å². The van der Waals surface area contributed by atoms with Gasteiger partial charge < -0.3 is 14.7 Å². The van der Waals surface area contributed by atoms with Gasteiger partial charge in [0.25, 0.3) is 0 Å². The molecule has 0 saturated heterocycles. The number of rotatable bonds is 5. The lowest BCUT2D eigenvalue weighted by Gasteiger charge is -2.26. The number of nitrogens with zero attached hydrogens (tertiary/aromatic N) is 1. The number of anilines is 1. The molecule has 1 saturated carbocycles. The number of carboxylic acid groups (broad SMARTS) is 1. The lowest BCUT2D eigenvalue weighted by molar-refractivity contribution is -0.139. The fraction of sp³-hybridized carbons (Fsp3) is 0.500. The van der Waals surface area contributed by atoms with Crippen LogP contribution in [0.5, 0.6) is 5.75 Å². The number of carboxylic acids is 1. The molecule has 21 heavy (non-hydrogen) atoms. The first kappa shape index (κ1) is 15.4. The van der Waals surface area contributed by atoms with E-state index in [0.717, 1.165) is 31.4 Å². The van der Waals surface area contributed by atoms with Crippen molar-refractivity contribution in [1.29, 1.82) is 0 Å². The number of hydrogen-bond acceptors (Lipinski definition) is 3. The van der Waals surface area contributed by atoms with Gasteiger partial charge in [-0.3, -0.25) is 4.79 Å². The summed E-state index contributed by atoms with van der Waals surface area (Å²) in [6.07, 6.45) is 5.44. The molecule has 1 aliphatic rings. The maximum atomic E-state index is 12.4. The molecule has 0 bridgehead atoms. The van der Waals surface area contributed by atoms with Crippen molar-refractivity contribution in [3.8, 4) is 5.75 Å². The van der Waals surface area contributed by atoms with Gasteiger partial charge in [0.1, 0.15) is 5.75 Å². The van der Waals surface area contributed by atoms with E-state index in [1.165, 1.54) is 6.42 Å². The summed E-state index contributed by atoms with van der Waals surface area (Å²) in [7, 11) is 1.78. The lowest BCUT2D eigenvalue weighted by Crippen LogP contribution is -2.33. The summed E-state index contributed by atoms with van der Waals surface area (Å²) < 4.78 is 5.08. The van der Waals surface area contributed by atoms with Crippen LogP contribution in [0.4, 0.5) is 5.69 Å². The minimum Gasteiger partial charge on any atom is -0.482 e. The molecule has 114 valence electrons. The molecule has 5 nitrogen and oxygen atoms in total. The van der Waals surface area contributed by atoms with Crippen molar-refractivity contribution in [2.45, 2.75) is 32.1 Å². The largest absolute Gasteiger partial charge is 0.482 e. The maximum absolute atomic E-state index is 12.4. The third-order valence-electron chi connectivity index (χ3n) is 3.87. The third kappa shape index (κ3) is 4.21. The molecule has 0 aliphatic heterocycles. The van der Waals surface area contributed by atoms with Crippen molar-refractivity contribution in [1.82, 2.24) is 0 Å². The summed E-state index contributed by atoms with van der Waals surface area (Å²) in [6.45, 7) is -0.365. The monoisotopic (exact) mass is 291 g/mol. The van der Waals surface area contributed by atoms with Gasteiger partial charge in [-0.15, -0.1) is 0 Å². The van der Waals surface area contributed by atoms with Gasteiger partial charge in [0.2, 0.25) is 5.91 Å². The molecule has 1 aliphatic carbocycles. The van der Waals surface area contributed by atoms with Crippen LogP contribution in [0.3, 0.4) is 0 Å². The molecular weight excluding hydrogens is 270 g/mol. The van der Waals surface area contributed by atoms with Gasteiger partial charge in [0, 0.05) is 18.7 Å². The molecule has 1 N–H and O–H groups in total. The SMILES string of the molecule is CN(C(=O)C1CCCCC1)c1ccc(OCC(=O)O)cc1. The van der Waals surface area contributed by atoms with E-state index >= 15 is 0 Å². The van der Waals surface area contributed by atoms with E-state index in [1.807, 2.05) is 0 Å². The Morgan fingerprint density at radius 1 is 1.19 bits per heavy atom. The first-order valence-corrected chi connectivity index (χ1v) is 7.30.